The molecule has 0 amide bonds. The molecule has 1 aliphatic rings. The number of aromatic nitrogens is 1. The van der Waals surface area contributed by atoms with Gasteiger partial charge < -0.3 is 23.7 Å². The molecule has 0 saturated heterocycles. The molecule has 11 heteroatoms. The van der Waals surface area contributed by atoms with E-state index in [0.717, 1.165) is 0 Å². The van der Waals surface area contributed by atoms with Gasteiger partial charge >= 0.3 is 5.97 Å². The van der Waals surface area contributed by atoms with Gasteiger partial charge in [-0.2, -0.15) is 0 Å². The van der Waals surface area contributed by atoms with Crippen LogP contribution in [0.1, 0.15) is 44.9 Å². The Balaban J connectivity index is 1.97. The molecule has 1 aromatic heterocycles. The monoisotopic (exact) mass is 630 g/mol. The lowest BCUT2D eigenvalue weighted by Crippen LogP contribution is -2.40. The molecule has 2 aromatic carbocycles. The van der Waals surface area contributed by atoms with E-state index in [-0.39, 0.29) is 17.7 Å². The van der Waals surface area contributed by atoms with Crippen LogP contribution in [0.2, 0.25) is 0 Å². The maximum Gasteiger partial charge on any atom is 0.338 e. The van der Waals surface area contributed by atoms with Gasteiger partial charge in [0.2, 0.25) is 0 Å². The number of hydrogen-bond donors (Lipinski definition) is 0. The van der Waals surface area contributed by atoms with Crippen LogP contribution in [-0.4, -0.2) is 44.6 Å². The molecular formula is C29H31BrN2O7S. The third-order valence-electron chi connectivity index (χ3n) is 6.19. The van der Waals surface area contributed by atoms with Crippen molar-refractivity contribution >= 4 is 39.3 Å². The number of halogens is 1. The number of carbonyl (C=O) groups is 1. The van der Waals surface area contributed by atoms with E-state index in [1.165, 1.54) is 15.9 Å². The molecule has 0 fully saturated rings. The Bertz CT molecular complexity index is 1640. The quantitative estimate of drug-likeness (QED) is 0.307. The molecule has 0 bridgehead atoms. The van der Waals surface area contributed by atoms with Gasteiger partial charge in [0.15, 0.2) is 16.3 Å². The molecule has 9 nitrogen and oxygen atoms in total. The van der Waals surface area contributed by atoms with E-state index in [4.69, 9.17) is 23.7 Å². The number of ether oxygens (including phenoxy) is 5. The fourth-order valence-corrected chi connectivity index (χ4v) is 6.04. The van der Waals surface area contributed by atoms with Crippen molar-refractivity contribution in [3.63, 3.8) is 0 Å². The average Bonchev–Trinajstić information content (AvgIpc) is 3.23. The minimum absolute atomic E-state index is 0.187. The summed E-state index contributed by atoms with van der Waals surface area (Å²) >= 11 is 4.73. The lowest BCUT2D eigenvalue weighted by atomic mass is 9.95. The van der Waals surface area contributed by atoms with Crippen LogP contribution < -0.4 is 33.8 Å². The molecular weight excluding hydrogens is 600 g/mol. The molecule has 4 rings (SSSR count). The Hall–Kier alpha value is -3.57. The summed E-state index contributed by atoms with van der Waals surface area (Å²) in [6.07, 6.45) is 1.75. The second kappa shape index (κ2) is 12.7. The number of allylic oxidation sites excluding steroid dienone is 1. The maximum absolute atomic E-state index is 14.0. The first-order chi connectivity index (χ1) is 19.3. The van der Waals surface area contributed by atoms with Crippen molar-refractivity contribution in [1.82, 2.24) is 4.57 Å². The van der Waals surface area contributed by atoms with Crippen LogP contribution in [0.15, 0.2) is 55.9 Å². The van der Waals surface area contributed by atoms with Crippen molar-refractivity contribution in [2.75, 3.05) is 34.0 Å². The van der Waals surface area contributed by atoms with Crippen molar-refractivity contribution in [3.05, 3.63) is 76.9 Å². The second-order valence-corrected chi connectivity index (χ2v) is 10.5. The van der Waals surface area contributed by atoms with Gasteiger partial charge in [-0.25, -0.2) is 9.79 Å². The molecule has 0 radical (unpaired) electrons. The molecule has 0 spiro atoms. The third-order valence-corrected chi connectivity index (χ3v) is 7.79. The Morgan fingerprint density at radius 1 is 1.00 bits per heavy atom. The van der Waals surface area contributed by atoms with Crippen LogP contribution in [0.5, 0.6) is 23.0 Å². The van der Waals surface area contributed by atoms with Crippen molar-refractivity contribution in [2.45, 2.75) is 33.7 Å². The molecule has 0 saturated carbocycles. The maximum atomic E-state index is 14.0. The number of esters is 1. The summed E-state index contributed by atoms with van der Waals surface area (Å²) in [7, 11) is 3.12. The van der Waals surface area contributed by atoms with Crippen molar-refractivity contribution in [1.29, 1.82) is 0 Å². The van der Waals surface area contributed by atoms with Crippen LogP contribution in [0.3, 0.4) is 0 Å². The molecule has 3 aromatic rings. The van der Waals surface area contributed by atoms with Gasteiger partial charge in [-0.05, 0) is 73.5 Å². The Kier molecular flexibility index (Phi) is 9.36. The van der Waals surface area contributed by atoms with Crippen molar-refractivity contribution in [3.8, 4) is 23.0 Å². The standard InChI is InChI=1S/C29H31BrN2O7S/c1-7-37-20-11-10-17(13-23(20)38-8-2)26-25(28(34)39-9-3)16(4)31-29-32(26)27(33)24(40-29)14-18-12-19(30)22(36-6)15-21(18)35-5/h10-15,26H,7-9H2,1-6H3/b24-14-/t26-/m0/s1. The number of carbonyl (C=O) groups excluding carboxylic acids is 1. The Labute approximate surface area is 244 Å². The zero-order valence-electron chi connectivity index (χ0n) is 23.2. The summed E-state index contributed by atoms with van der Waals surface area (Å²) in [5.41, 5.74) is 1.81. The number of fused-ring (bicyclic) bond motifs is 1. The second-order valence-electron chi connectivity index (χ2n) is 8.60. The number of thiazole rings is 1. The zero-order chi connectivity index (χ0) is 29.0. The van der Waals surface area contributed by atoms with E-state index in [2.05, 4.69) is 20.9 Å². The highest BCUT2D eigenvalue weighted by Crippen LogP contribution is 2.37. The molecule has 0 unspecified atom stereocenters. The van der Waals surface area contributed by atoms with E-state index < -0.39 is 12.0 Å². The van der Waals surface area contributed by atoms with Gasteiger partial charge in [-0.3, -0.25) is 9.36 Å². The summed E-state index contributed by atoms with van der Waals surface area (Å²) in [5, 5.41) is 0. The number of hydrogen-bond acceptors (Lipinski definition) is 9. The van der Waals surface area contributed by atoms with Gasteiger partial charge in [-0.1, -0.05) is 17.4 Å². The third kappa shape index (κ3) is 5.66. The summed E-state index contributed by atoms with van der Waals surface area (Å²) in [6.45, 7) is 8.33. The summed E-state index contributed by atoms with van der Waals surface area (Å²) < 4.78 is 30.6. The highest BCUT2D eigenvalue weighted by Gasteiger charge is 2.34. The molecule has 0 N–H and O–H groups in total. The molecule has 1 aliphatic heterocycles. The first kappa shape index (κ1) is 29.4. The lowest BCUT2D eigenvalue weighted by Gasteiger charge is -2.25. The van der Waals surface area contributed by atoms with Crippen LogP contribution in [0.25, 0.3) is 6.08 Å². The molecule has 0 aliphatic carbocycles. The van der Waals surface area contributed by atoms with Crippen molar-refractivity contribution < 1.29 is 28.5 Å². The van der Waals surface area contributed by atoms with E-state index in [9.17, 15) is 9.59 Å². The number of methoxy groups -OCH3 is 2. The van der Waals surface area contributed by atoms with Crippen LogP contribution in [0, 0.1) is 0 Å². The minimum Gasteiger partial charge on any atom is -0.496 e. The zero-order valence-corrected chi connectivity index (χ0v) is 25.6. The van der Waals surface area contributed by atoms with E-state index in [1.54, 1.807) is 52.3 Å². The topological polar surface area (TPSA) is 97.6 Å². The van der Waals surface area contributed by atoms with E-state index >= 15 is 0 Å². The van der Waals surface area contributed by atoms with E-state index in [0.29, 0.717) is 66.8 Å². The summed E-state index contributed by atoms with van der Waals surface area (Å²) in [5.74, 6) is 1.71. The van der Waals surface area contributed by atoms with Gasteiger partial charge in [0.05, 0.1) is 60.4 Å². The molecule has 40 heavy (non-hydrogen) atoms. The van der Waals surface area contributed by atoms with Crippen LogP contribution >= 0.6 is 27.3 Å². The normalized spacial score (nSPS) is 14.9. The van der Waals surface area contributed by atoms with Crippen molar-refractivity contribution in [2.24, 2.45) is 4.99 Å². The SMILES string of the molecule is CCOC(=O)C1=C(C)N=c2s/c(=C\c3cc(Br)c(OC)cc3OC)c(=O)n2[C@H]1c1ccc(OCC)c(OCC)c1. The van der Waals surface area contributed by atoms with Gasteiger partial charge in [-0.15, -0.1) is 0 Å². The number of nitrogens with zero attached hydrogens (tertiary/aromatic N) is 2. The Morgan fingerprint density at radius 2 is 1.70 bits per heavy atom. The average molecular weight is 632 g/mol. The first-order valence-corrected chi connectivity index (χ1v) is 14.4. The lowest BCUT2D eigenvalue weighted by molar-refractivity contribution is -0.139. The summed E-state index contributed by atoms with van der Waals surface area (Å²) in [4.78, 5) is 32.3. The largest absolute Gasteiger partial charge is 0.496 e. The van der Waals surface area contributed by atoms with Gasteiger partial charge in [0, 0.05) is 11.6 Å². The number of benzene rings is 2. The fraction of sp³-hybridized carbons (Fsp3) is 0.345. The molecule has 1 atom stereocenters. The van der Waals surface area contributed by atoms with Crippen LogP contribution in [-0.2, 0) is 9.53 Å². The molecule has 2 heterocycles. The smallest absolute Gasteiger partial charge is 0.338 e. The predicted octanol–water partition coefficient (Wildman–Crippen LogP) is 4.38. The van der Waals surface area contributed by atoms with Gasteiger partial charge in [0.25, 0.3) is 5.56 Å². The van der Waals surface area contributed by atoms with E-state index in [1.807, 2.05) is 26.0 Å². The summed E-state index contributed by atoms with van der Waals surface area (Å²) in [6, 6.07) is 8.21. The molecule has 212 valence electrons. The van der Waals surface area contributed by atoms with Crippen LogP contribution in [0.4, 0.5) is 0 Å². The highest BCUT2D eigenvalue weighted by molar-refractivity contribution is 9.10. The number of rotatable bonds is 10. The first-order valence-electron chi connectivity index (χ1n) is 12.8. The van der Waals surface area contributed by atoms with Gasteiger partial charge in [0.1, 0.15) is 11.5 Å². The Morgan fingerprint density at radius 3 is 2.35 bits per heavy atom. The fourth-order valence-electron chi connectivity index (χ4n) is 4.48. The highest BCUT2D eigenvalue weighted by atomic mass is 79.9. The predicted molar refractivity (Wildman–Crippen MR) is 156 cm³/mol. The minimum atomic E-state index is -0.781.